The molecule has 0 unspecified atom stereocenters. The molecule has 64 valence electrons. The van der Waals surface area contributed by atoms with Gasteiger partial charge in [0.25, 0.3) is 5.92 Å². The molecular formula is C6H9F2NO2. The molecule has 1 rings (SSSR count). The maximum Gasteiger partial charge on any atom is 0.407 e. The van der Waals surface area contributed by atoms with Crippen LogP contribution in [0.2, 0.25) is 0 Å². The SMILES string of the molecule is C[C@H]1CC(F)(F)CN1C(=O)O. The van der Waals surface area contributed by atoms with E-state index in [1.807, 2.05) is 0 Å². The second-order valence-electron chi connectivity index (χ2n) is 2.82. The first kappa shape index (κ1) is 8.23. The van der Waals surface area contributed by atoms with E-state index in [4.69, 9.17) is 5.11 Å². The fourth-order valence-electron chi connectivity index (χ4n) is 1.27. The molecule has 1 saturated heterocycles. The highest BCUT2D eigenvalue weighted by atomic mass is 19.3. The predicted octanol–water partition coefficient (Wildman–Crippen LogP) is 1.39. The van der Waals surface area contributed by atoms with Crippen LogP contribution in [0.4, 0.5) is 13.6 Å². The molecule has 0 bridgehead atoms. The lowest BCUT2D eigenvalue weighted by atomic mass is 10.2. The Balaban J connectivity index is 2.66. The van der Waals surface area contributed by atoms with Crippen LogP contribution < -0.4 is 0 Å². The molecule has 0 aromatic carbocycles. The standard InChI is InChI=1S/C6H9F2NO2/c1-4-2-6(7,8)3-9(4)5(10)11/h4H,2-3H2,1H3,(H,10,11)/t4-/m0/s1. The molecule has 0 aliphatic carbocycles. The van der Waals surface area contributed by atoms with Crippen LogP contribution in [0.5, 0.6) is 0 Å². The monoisotopic (exact) mass is 165 g/mol. The maximum absolute atomic E-state index is 12.5. The average molecular weight is 165 g/mol. The van der Waals surface area contributed by atoms with Crippen LogP contribution in [0.1, 0.15) is 13.3 Å². The number of likely N-dealkylation sites (tertiary alicyclic amines) is 1. The molecule has 1 aliphatic rings. The number of carboxylic acid groups (broad SMARTS) is 1. The van der Waals surface area contributed by atoms with Crippen LogP contribution in [0.25, 0.3) is 0 Å². The van der Waals surface area contributed by atoms with Gasteiger partial charge in [0.05, 0.1) is 6.54 Å². The van der Waals surface area contributed by atoms with Gasteiger partial charge in [0, 0.05) is 12.5 Å². The summed E-state index contributed by atoms with van der Waals surface area (Å²) in [6.07, 6.45) is -1.63. The summed E-state index contributed by atoms with van der Waals surface area (Å²) in [6.45, 7) is 0.818. The maximum atomic E-state index is 12.5. The third-order valence-corrected chi connectivity index (χ3v) is 1.77. The van der Waals surface area contributed by atoms with Crippen molar-refractivity contribution in [3.8, 4) is 0 Å². The quantitative estimate of drug-likeness (QED) is 0.589. The fourth-order valence-corrected chi connectivity index (χ4v) is 1.27. The van der Waals surface area contributed by atoms with Crippen LogP contribution in [0.15, 0.2) is 0 Å². The van der Waals surface area contributed by atoms with Gasteiger partial charge in [-0.15, -0.1) is 0 Å². The number of carbonyl (C=O) groups is 1. The van der Waals surface area contributed by atoms with Gasteiger partial charge in [0.1, 0.15) is 0 Å². The summed E-state index contributed by atoms with van der Waals surface area (Å²) in [5.74, 6) is -2.84. The molecule has 0 aromatic rings. The van der Waals surface area contributed by atoms with Gasteiger partial charge in [-0.25, -0.2) is 13.6 Å². The lowest BCUT2D eigenvalue weighted by molar-refractivity contribution is 0.0127. The smallest absolute Gasteiger partial charge is 0.407 e. The van der Waals surface area contributed by atoms with E-state index in [0.717, 1.165) is 4.90 Å². The van der Waals surface area contributed by atoms with E-state index in [2.05, 4.69) is 0 Å². The van der Waals surface area contributed by atoms with Crippen molar-refractivity contribution in [3.05, 3.63) is 0 Å². The number of hydrogen-bond acceptors (Lipinski definition) is 1. The van der Waals surface area contributed by atoms with Crippen molar-refractivity contribution in [1.29, 1.82) is 0 Å². The van der Waals surface area contributed by atoms with E-state index in [9.17, 15) is 13.6 Å². The van der Waals surface area contributed by atoms with Gasteiger partial charge in [0.2, 0.25) is 0 Å². The van der Waals surface area contributed by atoms with Crippen LogP contribution in [-0.2, 0) is 0 Å². The zero-order valence-electron chi connectivity index (χ0n) is 6.05. The van der Waals surface area contributed by atoms with E-state index in [0.29, 0.717) is 0 Å². The molecule has 11 heavy (non-hydrogen) atoms. The highest BCUT2D eigenvalue weighted by Gasteiger charge is 2.44. The van der Waals surface area contributed by atoms with Crippen LogP contribution in [-0.4, -0.2) is 34.6 Å². The van der Waals surface area contributed by atoms with Gasteiger partial charge < -0.3 is 5.11 Å². The molecule has 0 spiro atoms. The van der Waals surface area contributed by atoms with Gasteiger partial charge in [-0.2, -0.15) is 0 Å². The molecule has 0 saturated carbocycles. The summed E-state index contributed by atoms with van der Waals surface area (Å²) in [7, 11) is 0. The molecule has 0 radical (unpaired) electrons. The highest BCUT2D eigenvalue weighted by molar-refractivity contribution is 5.66. The van der Waals surface area contributed by atoms with E-state index in [-0.39, 0.29) is 6.42 Å². The first-order valence-electron chi connectivity index (χ1n) is 3.30. The summed E-state index contributed by atoms with van der Waals surface area (Å²) in [5.41, 5.74) is 0. The summed E-state index contributed by atoms with van der Waals surface area (Å²) in [5, 5.41) is 8.41. The molecule has 3 nitrogen and oxygen atoms in total. The molecule has 1 amide bonds. The molecule has 5 heteroatoms. The zero-order valence-corrected chi connectivity index (χ0v) is 6.05. The van der Waals surface area contributed by atoms with Gasteiger partial charge >= 0.3 is 6.09 Å². The topological polar surface area (TPSA) is 40.5 Å². The second-order valence-corrected chi connectivity index (χ2v) is 2.82. The number of nitrogens with zero attached hydrogens (tertiary/aromatic N) is 1. The van der Waals surface area contributed by atoms with Crippen LogP contribution in [0, 0.1) is 0 Å². The second kappa shape index (κ2) is 2.32. The number of amides is 1. The van der Waals surface area contributed by atoms with Crippen molar-refractivity contribution in [1.82, 2.24) is 4.90 Å². The summed E-state index contributed by atoms with van der Waals surface area (Å²) in [6, 6.07) is -0.567. The Bertz CT molecular complexity index is 183. The third kappa shape index (κ3) is 1.58. The summed E-state index contributed by atoms with van der Waals surface area (Å²) >= 11 is 0. The summed E-state index contributed by atoms with van der Waals surface area (Å²) < 4.78 is 25.0. The van der Waals surface area contributed by atoms with E-state index in [1.165, 1.54) is 6.92 Å². The minimum absolute atomic E-state index is 0.362. The lowest BCUT2D eigenvalue weighted by Crippen LogP contribution is -2.33. The Morgan fingerprint density at radius 3 is 2.45 bits per heavy atom. The Kier molecular flexibility index (Phi) is 1.74. The zero-order chi connectivity index (χ0) is 8.65. The average Bonchev–Trinajstić information content (AvgIpc) is 2.05. The van der Waals surface area contributed by atoms with E-state index < -0.39 is 24.6 Å². The fraction of sp³-hybridized carbons (Fsp3) is 0.833. The summed E-state index contributed by atoms with van der Waals surface area (Å²) in [4.78, 5) is 11.1. The molecule has 1 fully saturated rings. The number of rotatable bonds is 0. The van der Waals surface area contributed by atoms with Gasteiger partial charge in [-0.05, 0) is 6.92 Å². The number of halogens is 2. The normalized spacial score (nSPS) is 29.0. The number of hydrogen-bond donors (Lipinski definition) is 1. The van der Waals surface area contributed by atoms with Gasteiger partial charge in [-0.3, -0.25) is 4.90 Å². The first-order chi connectivity index (χ1) is 4.92. The Hall–Kier alpha value is -0.870. The van der Waals surface area contributed by atoms with Crippen LogP contribution in [0.3, 0.4) is 0 Å². The van der Waals surface area contributed by atoms with Gasteiger partial charge in [0.15, 0.2) is 0 Å². The minimum Gasteiger partial charge on any atom is -0.465 e. The molecule has 1 atom stereocenters. The van der Waals surface area contributed by atoms with Crippen molar-refractivity contribution >= 4 is 6.09 Å². The molecular weight excluding hydrogens is 156 g/mol. The minimum atomic E-state index is -2.84. The molecule has 1 heterocycles. The Morgan fingerprint density at radius 2 is 2.27 bits per heavy atom. The van der Waals surface area contributed by atoms with Crippen molar-refractivity contribution < 1.29 is 18.7 Å². The van der Waals surface area contributed by atoms with Gasteiger partial charge in [-0.1, -0.05) is 0 Å². The Labute approximate surface area is 62.6 Å². The van der Waals surface area contributed by atoms with Crippen molar-refractivity contribution in [2.45, 2.75) is 25.3 Å². The third-order valence-electron chi connectivity index (χ3n) is 1.77. The molecule has 0 aromatic heterocycles. The van der Waals surface area contributed by atoms with E-state index in [1.54, 1.807) is 0 Å². The van der Waals surface area contributed by atoms with Crippen molar-refractivity contribution in [3.63, 3.8) is 0 Å². The van der Waals surface area contributed by atoms with Crippen molar-refractivity contribution in [2.24, 2.45) is 0 Å². The first-order valence-corrected chi connectivity index (χ1v) is 3.30. The largest absolute Gasteiger partial charge is 0.465 e. The lowest BCUT2D eigenvalue weighted by Gasteiger charge is -2.15. The van der Waals surface area contributed by atoms with Crippen LogP contribution >= 0.6 is 0 Å². The molecule has 1 aliphatic heterocycles. The highest BCUT2D eigenvalue weighted by Crippen LogP contribution is 2.31. The molecule has 1 N–H and O–H groups in total. The Morgan fingerprint density at radius 1 is 1.73 bits per heavy atom. The van der Waals surface area contributed by atoms with Crippen molar-refractivity contribution in [2.75, 3.05) is 6.54 Å². The predicted molar refractivity (Wildman–Crippen MR) is 33.8 cm³/mol. The van der Waals surface area contributed by atoms with E-state index >= 15 is 0 Å². The number of alkyl halides is 2.